The molecule has 2 N–H and O–H groups in total. The molecule has 0 fully saturated rings. The van der Waals surface area contributed by atoms with Crippen LogP contribution in [0.2, 0.25) is 0 Å². The van der Waals surface area contributed by atoms with Crippen molar-refractivity contribution >= 4 is 11.3 Å². The van der Waals surface area contributed by atoms with Crippen molar-refractivity contribution in [3.63, 3.8) is 0 Å². The first-order valence-electron chi connectivity index (χ1n) is 7.29. The van der Waals surface area contributed by atoms with Gasteiger partial charge in [-0.05, 0) is 42.8 Å². The second-order valence-corrected chi connectivity index (χ2v) is 6.16. The molecule has 0 saturated heterocycles. The van der Waals surface area contributed by atoms with E-state index >= 15 is 0 Å². The largest absolute Gasteiger partial charge is 0.496 e. The molecular weight excluding hydrogens is 300 g/mol. The Morgan fingerprint density at radius 1 is 1.41 bits per heavy atom. The predicted octanol–water partition coefficient (Wildman–Crippen LogP) is 2.23. The molecule has 22 heavy (non-hydrogen) atoms. The Kier molecular flexibility index (Phi) is 5.76. The van der Waals surface area contributed by atoms with Crippen LogP contribution in [0, 0.1) is 6.92 Å². The van der Waals surface area contributed by atoms with Crippen molar-refractivity contribution in [2.24, 2.45) is 0 Å². The highest BCUT2D eigenvalue weighted by Gasteiger charge is 2.14. The summed E-state index contributed by atoms with van der Waals surface area (Å²) in [5.41, 5.74) is 2.87. The highest BCUT2D eigenvalue weighted by molar-refractivity contribution is 7.09. The summed E-state index contributed by atoms with van der Waals surface area (Å²) in [5.74, 6) is 0.832. The fraction of sp³-hybridized carbons (Fsp3) is 0.438. The number of aliphatic hydroxyl groups is 1. The van der Waals surface area contributed by atoms with E-state index in [1.165, 1.54) is 11.3 Å². The van der Waals surface area contributed by atoms with Crippen LogP contribution in [0.25, 0.3) is 11.3 Å². The maximum atomic E-state index is 11.8. The fourth-order valence-corrected chi connectivity index (χ4v) is 3.33. The molecule has 0 aliphatic heterocycles. The molecule has 0 saturated carbocycles. The van der Waals surface area contributed by atoms with E-state index in [9.17, 15) is 4.79 Å². The number of likely N-dealkylation sites (N-methyl/N-ethyl adjacent to an activating group) is 1. The standard InChI is InChI=1S/C16H22N2O3S/c1-4-18(7-8-19)10-14-15(17-16(20)22-14)12-5-6-13(21-3)11(2)9-12/h5-6,9,19H,4,7-8,10H2,1-3H3,(H,17,20). The van der Waals surface area contributed by atoms with Crippen molar-refractivity contribution in [1.82, 2.24) is 9.88 Å². The fourth-order valence-electron chi connectivity index (χ4n) is 2.43. The number of aromatic nitrogens is 1. The number of benzene rings is 1. The first-order chi connectivity index (χ1) is 10.6. The van der Waals surface area contributed by atoms with Gasteiger partial charge in [0.15, 0.2) is 0 Å². The van der Waals surface area contributed by atoms with Gasteiger partial charge in [0, 0.05) is 18.0 Å². The molecule has 0 radical (unpaired) electrons. The van der Waals surface area contributed by atoms with Crippen LogP contribution < -0.4 is 9.61 Å². The molecule has 2 aromatic rings. The van der Waals surface area contributed by atoms with Crippen LogP contribution in [0.4, 0.5) is 0 Å². The van der Waals surface area contributed by atoms with E-state index in [2.05, 4.69) is 9.88 Å². The number of hydrogen-bond donors (Lipinski definition) is 2. The minimum Gasteiger partial charge on any atom is -0.496 e. The quantitative estimate of drug-likeness (QED) is 0.820. The van der Waals surface area contributed by atoms with Gasteiger partial charge in [-0.2, -0.15) is 0 Å². The minimum atomic E-state index is -0.0569. The smallest absolute Gasteiger partial charge is 0.305 e. The van der Waals surface area contributed by atoms with Gasteiger partial charge in [-0.3, -0.25) is 9.69 Å². The van der Waals surface area contributed by atoms with Crippen molar-refractivity contribution in [2.75, 3.05) is 26.8 Å². The lowest BCUT2D eigenvalue weighted by molar-refractivity contribution is 0.198. The number of thiazole rings is 1. The Bertz CT molecular complexity index is 678. The molecule has 1 heterocycles. The summed E-state index contributed by atoms with van der Waals surface area (Å²) in [6, 6.07) is 5.88. The van der Waals surface area contributed by atoms with Gasteiger partial charge in [0.05, 0.1) is 19.4 Å². The van der Waals surface area contributed by atoms with Crippen LogP contribution in [0.5, 0.6) is 5.75 Å². The number of aliphatic hydroxyl groups excluding tert-OH is 1. The number of hydrogen-bond acceptors (Lipinski definition) is 5. The average Bonchev–Trinajstić information content (AvgIpc) is 2.87. The van der Waals surface area contributed by atoms with E-state index in [0.717, 1.165) is 34.0 Å². The molecule has 1 aromatic heterocycles. The van der Waals surface area contributed by atoms with E-state index < -0.39 is 0 Å². The molecule has 0 atom stereocenters. The van der Waals surface area contributed by atoms with Crippen molar-refractivity contribution < 1.29 is 9.84 Å². The maximum Gasteiger partial charge on any atom is 0.305 e. The average molecular weight is 322 g/mol. The first-order valence-corrected chi connectivity index (χ1v) is 8.10. The highest BCUT2D eigenvalue weighted by atomic mass is 32.1. The van der Waals surface area contributed by atoms with Crippen LogP contribution in [-0.4, -0.2) is 41.8 Å². The second kappa shape index (κ2) is 7.58. The molecule has 0 spiro atoms. The van der Waals surface area contributed by atoms with Crippen molar-refractivity contribution in [3.8, 4) is 17.0 Å². The van der Waals surface area contributed by atoms with Crippen LogP contribution in [0.3, 0.4) is 0 Å². The second-order valence-electron chi connectivity index (χ2n) is 5.09. The Hall–Kier alpha value is -1.63. The molecular formula is C16H22N2O3S. The summed E-state index contributed by atoms with van der Waals surface area (Å²) in [6.45, 7) is 6.22. The third-order valence-electron chi connectivity index (χ3n) is 3.64. The van der Waals surface area contributed by atoms with Gasteiger partial charge < -0.3 is 14.8 Å². The lowest BCUT2D eigenvalue weighted by atomic mass is 10.1. The van der Waals surface area contributed by atoms with Crippen LogP contribution in [0.15, 0.2) is 23.0 Å². The molecule has 5 nitrogen and oxygen atoms in total. The number of nitrogens with one attached hydrogen (secondary N) is 1. The molecule has 0 aliphatic rings. The summed E-state index contributed by atoms with van der Waals surface area (Å²) >= 11 is 1.23. The van der Waals surface area contributed by atoms with Crippen LogP contribution in [-0.2, 0) is 6.54 Å². The summed E-state index contributed by atoms with van der Waals surface area (Å²) in [5, 5.41) is 9.11. The Labute approximate surface area is 134 Å². The zero-order valence-electron chi connectivity index (χ0n) is 13.2. The van der Waals surface area contributed by atoms with E-state index in [0.29, 0.717) is 13.1 Å². The summed E-state index contributed by atoms with van der Waals surface area (Å²) < 4.78 is 5.28. The predicted molar refractivity (Wildman–Crippen MR) is 89.7 cm³/mol. The van der Waals surface area contributed by atoms with E-state index in [1.807, 2.05) is 32.0 Å². The number of H-pyrrole nitrogens is 1. The number of nitrogens with zero attached hydrogens (tertiary/aromatic N) is 1. The lowest BCUT2D eigenvalue weighted by Gasteiger charge is -2.18. The topological polar surface area (TPSA) is 65.6 Å². The van der Waals surface area contributed by atoms with Gasteiger partial charge in [0.1, 0.15) is 5.75 Å². The van der Waals surface area contributed by atoms with Crippen LogP contribution in [0.1, 0.15) is 17.4 Å². The van der Waals surface area contributed by atoms with E-state index in [1.54, 1.807) is 7.11 Å². The third kappa shape index (κ3) is 3.76. The van der Waals surface area contributed by atoms with E-state index in [-0.39, 0.29) is 11.5 Å². The van der Waals surface area contributed by atoms with Gasteiger partial charge in [0.25, 0.3) is 0 Å². The number of ether oxygens (including phenoxy) is 1. The van der Waals surface area contributed by atoms with Gasteiger partial charge in [-0.25, -0.2) is 0 Å². The Morgan fingerprint density at radius 2 is 2.18 bits per heavy atom. The number of rotatable bonds is 7. The van der Waals surface area contributed by atoms with E-state index in [4.69, 9.17) is 9.84 Å². The molecule has 2 rings (SSSR count). The van der Waals surface area contributed by atoms with Crippen molar-refractivity contribution in [2.45, 2.75) is 20.4 Å². The van der Waals surface area contributed by atoms with Gasteiger partial charge in [-0.15, -0.1) is 0 Å². The monoisotopic (exact) mass is 322 g/mol. The number of aryl methyl sites for hydroxylation is 1. The summed E-state index contributed by atoms with van der Waals surface area (Å²) in [7, 11) is 1.65. The number of methoxy groups -OCH3 is 1. The van der Waals surface area contributed by atoms with Gasteiger partial charge in [-0.1, -0.05) is 18.3 Å². The summed E-state index contributed by atoms with van der Waals surface area (Å²) in [6.07, 6.45) is 0. The molecule has 120 valence electrons. The minimum absolute atomic E-state index is 0.0569. The molecule has 0 unspecified atom stereocenters. The molecule has 0 amide bonds. The lowest BCUT2D eigenvalue weighted by Crippen LogP contribution is -2.25. The maximum absolute atomic E-state index is 11.8. The third-order valence-corrected chi connectivity index (χ3v) is 4.50. The molecule has 0 bridgehead atoms. The van der Waals surface area contributed by atoms with Gasteiger partial charge >= 0.3 is 4.87 Å². The number of aromatic amines is 1. The van der Waals surface area contributed by atoms with Crippen LogP contribution >= 0.6 is 11.3 Å². The Morgan fingerprint density at radius 3 is 2.77 bits per heavy atom. The van der Waals surface area contributed by atoms with Gasteiger partial charge in [0.2, 0.25) is 0 Å². The zero-order valence-corrected chi connectivity index (χ0v) is 14.0. The zero-order chi connectivity index (χ0) is 16.1. The van der Waals surface area contributed by atoms with Crippen molar-refractivity contribution in [1.29, 1.82) is 0 Å². The SMILES string of the molecule is CCN(CCO)Cc1sc(=O)[nH]c1-c1ccc(OC)c(C)c1. The Balaban J connectivity index is 2.35. The van der Waals surface area contributed by atoms with Crippen molar-refractivity contribution in [3.05, 3.63) is 38.3 Å². The molecule has 6 heteroatoms. The normalized spacial score (nSPS) is 11.1. The molecule has 0 aliphatic carbocycles. The first kappa shape index (κ1) is 16.7. The summed E-state index contributed by atoms with van der Waals surface area (Å²) in [4.78, 5) is 17.8. The molecule has 1 aromatic carbocycles. The highest BCUT2D eigenvalue weighted by Crippen LogP contribution is 2.28.